The van der Waals surface area contributed by atoms with Crippen LogP contribution in [-0.4, -0.2) is 30.7 Å². The van der Waals surface area contributed by atoms with E-state index in [-0.39, 0.29) is 6.10 Å². The first-order chi connectivity index (χ1) is 22.7. The summed E-state index contributed by atoms with van der Waals surface area (Å²) in [5.74, 6) is 1.31. The molecule has 0 aromatic heterocycles. The zero-order valence-corrected chi connectivity index (χ0v) is 26.0. The van der Waals surface area contributed by atoms with Gasteiger partial charge in [-0.25, -0.2) is 0 Å². The predicted octanol–water partition coefficient (Wildman–Crippen LogP) is 8.15. The lowest BCUT2D eigenvalue weighted by Gasteiger charge is -2.45. The Balaban J connectivity index is 1.24. The summed E-state index contributed by atoms with van der Waals surface area (Å²) in [6, 6.07) is 48.0. The van der Waals surface area contributed by atoms with E-state index in [1.165, 1.54) is 0 Å². The van der Waals surface area contributed by atoms with Crippen molar-refractivity contribution in [1.82, 2.24) is 0 Å². The monoisotopic (exact) mass is 616 g/mol. The first-order valence-electron chi connectivity index (χ1n) is 15.8. The molecule has 0 saturated carbocycles. The number of ether oxygens (including phenoxy) is 6. The lowest BCUT2D eigenvalue weighted by atomic mass is 9.98. The number of hydrogen-bond donors (Lipinski definition) is 0. The Kier molecular flexibility index (Phi) is 11.1. The van der Waals surface area contributed by atoms with Crippen LogP contribution < -0.4 is 9.47 Å². The molecule has 0 bridgehead atoms. The molecule has 6 nitrogen and oxygen atoms in total. The van der Waals surface area contributed by atoms with E-state index in [0.717, 1.165) is 22.3 Å². The van der Waals surface area contributed by atoms with Gasteiger partial charge in [-0.1, -0.05) is 127 Å². The van der Waals surface area contributed by atoms with Crippen LogP contribution in [0.5, 0.6) is 11.5 Å². The summed E-state index contributed by atoms with van der Waals surface area (Å²) in [7, 11) is 0. The van der Waals surface area contributed by atoms with Crippen molar-refractivity contribution in [2.45, 2.75) is 64.1 Å². The van der Waals surface area contributed by atoms with Crippen molar-refractivity contribution in [2.75, 3.05) is 0 Å². The molecule has 1 saturated heterocycles. The van der Waals surface area contributed by atoms with E-state index in [9.17, 15) is 0 Å². The van der Waals surface area contributed by atoms with Crippen LogP contribution in [0.1, 0.15) is 29.2 Å². The molecule has 1 heterocycles. The normalized spacial score (nSPS) is 21.0. The van der Waals surface area contributed by atoms with Gasteiger partial charge in [-0.05, 0) is 41.3 Å². The first-order valence-corrected chi connectivity index (χ1v) is 15.8. The average molecular weight is 617 g/mol. The minimum Gasteiger partial charge on any atom is -0.489 e. The van der Waals surface area contributed by atoms with Gasteiger partial charge in [0, 0.05) is 6.07 Å². The minimum atomic E-state index is -0.763. The van der Waals surface area contributed by atoms with Gasteiger partial charge in [0.2, 0.25) is 6.29 Å². The summed E-state index contributed by atoms with van der Waals surface area (Å²) >= 11 is 0. The molecule has 5 aromatic carbocycles. The SMILES string of the molecule is C[C@@H]1O[C@H](Oc2cccc(OCc3ccccc3)c2)[C@@H](OCc2ccccc2)[C@H](OCc2ccccc2)[C@@H]1OCc1ccccc1. The van der Waals surface area contributed by atoms with Crippen molar-refractivity contribution in [3.8, 4) is 11.5 Å². The molecule has 1 aliphatic heterocycles. The van der Waals surface area contributed by atoms with Gasteiger partial charge in [0.05, 0.1) is 25.9 Å². The van der Waals surface area contributed by atoms with Crippen LogP contribution in [0.4, 0.5) is 0 Å². The van der Waals surface area contributed by atoms with Crippen LogP contribution in [0, 0.1) is 0 Å². The summed E-state index contributed by atoms with van der Waals surface area (Å²) in [5, 5.41) is 0. The molecular weight excluding hydrogens is 576 g/mol. The largest absolute Gasteiger partial charge is 0.489 e. The standard InChI is InChI=1S/C40H40O6/c1-30-37(42-27-32-17-8-3-9-18-32)38(43-28-33-19-10-4-11-20-33)39(44-29-34-21-12-5-13-22-34)40(45-30)46-36-24-14-23-35(25-36)41-26-31-15-6-2-7-16-31/h2-25,30,37-40H,26-29H2,1H3/t30-,37+,38+,39-,40+/m0/s1. The molecule has 1 aliphatic rings. The maximum absolute atomic E-state index is 6.69. The number of benzene rings is 5. The Morgan fingerprint density at radius 3 is 1.41 bits per heavy atom. The van der Waals surface area contributed by atoms with Crippen molar-refractivity contribution < 1.29 is 28.4 Å². The Morgan fingerprint density at radius 2 is 0.891 bits per heavy atom. The predicted molar refractivity (Wildman–Crippen MR) is 177 cm³/mol. The molecule has 236 valence electrons. The van der Waals surface area contributed by atoms with E-state index < -0.39 is 24.6 Å². The fourth-order valence-electron chi connectivity index (χ4n) is 5.48. The average Bonchev–Trinajstić information content (AvgIpc) is 3.11. The smallest absolute Gasteiger partial charge is 0.229 e. The molecule has 5 aromatic rings. The summed E-state index contributed by atoms with van der Waals surface area (Å²) in [6.45, 7) is 3.63. The van der Waals surface area contributed by atoms with Crippen LogP contribution in [0.15, 0.2) is 146 Å². The quantitative estimate of drug-likeness (QED) is 0.126. The van der Waals surface area contributed by atoms with Gasteiger partial charge in [-0.2, -0.15) is 0 Å². The van der Waals surface area contributed by atoms with Gasteiger partial charge in [0.15, 0.2) is 0 Å². The number of hydrogen-bond acceptors (Lipinski definition) is 6. The van der Waals surface area contributed by atoms with Gasteiger partial charge in [-0.15, -0.1) is 0 Å². The third kappa shape index (κ3) is 8.83. The fraction of sp³-hybridized carbons (Fsp3) is 0.250. The third-order valence-electron chi connectivity index (χ3n) is 7.89. The number of rotatable bonds is 14. The maximum atomic E-state index is 6.69. The second-order valence-corrected chi connectivity index (χ2v) is 11.4. The van der Waals surface area contributed by atoms with Crippen molar-refractivity contribution in [2.24, 2.45) is 0 Å². The van der Waals surface area contributed by atoms with E-state index >= 15 is 0 Å². The molecule has 1 fully saturated rings. The molecule has 6 heteroatoms. The van der Waals surface area contributed by atoms with Gasteiger partial charge < -0.3 is 28.4 Å². The molecule has 5 atom stereocenters. The summed E-state index contributed by atoms with van der Waals surface area (Å²) in [5.41, 5.74) is 4.27. The second-order valence-electron chi connectivity index (χ2n) is 11.4. The van der Waals surface area contributed by atoms with Crippen molar-refractivity contribution >= 4 is 0 Å². The van der Waals surface area contributed by atoms with E-state index in [1.54, 1.807) is 0 Å². The Labute approximate surface area is 271 Å². The van der Waals surface area contributed by atoms with E-state index in [4.69, 9.17) is 28.4 Å². The fourth-order valence-corrected chi connectivity index (χ4v) is 5.48. The van der Waals surface area contributed by atoms with Crippen molar-refractivity contribution in [3.63, 3.8) is 0 Å². The van der Waals surface area contributed by atoms with Gasteiger partial charge >= 0.3 is 0 Å². The molecular formula is C40H40O6. The topological polar surface area (TPSA) is 55.4 Å². The first kappa shape index (κ1) is 31.5. The van der Waals surface area contributed by atoms with E-state index in [2.05, 4.69) is 24.3 Å². The second kappa shape index (κ2) is 16.2. The minimum absolute atomic E-state index is 0.344. The lowest BCUT2D eigenvalue weighted by molar-refractivity contribution is -0.300. The molecule has 0 aliphatic carbocycles. The highest BCUT2D eigenvalue weighted by Gasteiger charge is 2.48. The summed E-state index contributed by atoms with van der Waals surface area (Å²) in [4.78, 5) is 0. The van der Waals surface area contributed by atoms with Gasteiger partial charge in [0.1, 0.15) is 36.4 Å². The summed E-state index contributed by atoms with van der Waals surface area (Å²) < 4.78 is 39.1. The van der Waals surface area contributed by atoms with Crippen LogP contribution in [0.2, 0.25) is 0 Å². The zero-order valence-electron chi connectivity index (χ0n) is 26.0. The molecule has 6 rings (SSSR count). The highest BCUT2D eigenvalue weighted by molar-refractivity contribution is 5.33. The Bertz CT molecular complexity index is 1580. The van der Waals surface area contributed by atoms with Crippen LogP contribution in [0.25, 0.3) is 0 Å². The lowest BCUT2D eigenvalue weighted by Crippen LogP contribution is -2.60. The summed E-state index contributed by atoms with van der Waals surface area (Å²) in [6.07, 6.45) is -2.61. The van der Waals surface area contributed by atoms with Crippen LogP contribution in [0.3, 0.4) is 0 Å². The third-order valence-corrected chi connectivity index (χ3v) is 7.89. The van der Waals surface area contributed by atoms with Crippen molar-refractivity contribution in [1.29, 1.82) is 0 Å². The van der Waals surface area contributed by atoms with Gasteiger partial charge in [-0.3, -0.25) is 0 Å². The van der Waals surface area contributed by atoms with Crippen LogP contribution >= 0.6 is 0 Å². The molecule has 0 N–H and O–H groups in total. The molecule has 0 radical (unpaired) electrons. The van der Waals surface area contributed by atoms with Crippen LogP contribution in [-0.2, 0) is 45.4 Å². The highest BCUT2D eigenvalue weighted by atomic mass is 16.7. The zero-order chi connectivity index (χ0) is 31.4. The molecule has 0 unspecified atom stereocenters. The molecule has 0 spiro atoms. The van der Waals surface area contributed by atoms with E-state index in [1.807, 2.05) is 128 Å². The van der Waals surface area contributed by atoms with E-state index in [0.29, 0.717) is 37.9 Å². The highest BCUT2D eigenvalue weighted by Crippen LogP contribution is 2.33. The Morgan fingerprint density at radius 1 is 0.457 bits per heavy atom. The molecule has 0 amide bonds. The Hall–Kier alpha value is -4.46. The molecule has 46 heavy (non-hydrogen) atoms. The maximum Gasteiger partial charge on any atom is 0.229 e. The van der Waals surface area contributed by atoms with Gasteiger partial charge in [0.25, 0.3) is 0 Å². The van der Waals surface area contributed by atoms with Crippen molar-refractivity contribution in [3.05, 3.63) is 168 Å².